The number of hydrogen-bond donors (Lipinski definition) is 1. The first-order valence-electron chi connectivity index (χ1n) is 5.39. The molecule has 2 rings (SSSR count). The summed E-state index contributed by atoms with van der Waals surface area (Å²) < 4.78 is 24.2. The summed E-state index contributed by atoms with van der Waals surface area (Å²) in [5.41, 5.74) is 0.661. The zero-order chi connectivity index (χ0) is 12.0. The van der Waals surface area contributed by atoms with Crippen LogP contribution in [0, 0.1) is 5.41 Å². The van der Waals surface area contributed by atoms with Gasteiger partial charge in [-0.15, -0.1) is 0 Å². The topological polar surface area (TPSA) is 46.2 Å². The Morgan fingerprint density at radius 3 is 2.50 bits per heavy atom. The van der Waals surface area contributed by atoms with Crippen LogP contribution in [-0.4, -0.2) is 20.2 Å². The molecule has 1 N–H and O–H groups in total. The van der Waals surface area contributed by atoms with E-state index < -0.39 is 9.84 Å². The Hall–Kier alpha value is -1.03. The molecule has 1 heterocycles. The summed E-state index contributed by atoms with van der Waals surface area (Å²) in [6.07, 6.45) is 0. The van der Waals surface area contributed by atoms with Crippen LogP contribution in [0.2, 0.25) is 0 Å². The van der Waals surface area contributed by atoms with Crippen molar-refractivity contribution in [3.8, 4) is 0 Å². The summed E-state index contributed by atoms with van der Waals surface area (Å²) in [5, 5.41) is 3.31. The maximum atomic E-state index is 12.1. The SMILES string of the molecule is CC(C)(C)C1CS(=O)(=O)c2ccccc2N1. The second-order valence-electron chi connectivity index (χ2n) is 5.34. The fraction of sp³-hybridized carbons (Fsp3) is 0.500. The molecule has 1 aliphatic rings. The summed E-state index contributed by atoms with van der Waals surface area (Å²) in [4.78, 5) is 0.426. The molecular weight excluding hydrogens is 222 g/mol. The van der Waals surface area contributed by atoms with E-state index in [1.54, 1.807) is 12.1 Å². The zero-order valence-electron chi connectivity index (χ0n) is 9.82. The molecule has 0 aromatic heterocycles. The molecule has 1 atom stereocenters. The van der Waals surface area contributed by atoms with Gasteiger partial charge >= 0.3 is 0 Å². The van der Waals surface area contributed by atoms with Crippen molar-refractivity contribution in [3.63, 3.8) is 0 Å². The van der Waals surface area contributed by atoms with Gasteiger partial charge in [0.2, 0.25) is 0 Å². The number of benzene rings is 1. The standard InChI is InChI=1S/C12H17NO2S/c1-12(2,3)11-8-16(14,15)10-7-5-4-6-9(10)13-11/h4-7,11,13H,8H2,1-3H3. The minimum Gasteiger partial charge on any atom is -0.380 e. The largest absolute Gasteiger partial charge is 0.380 e. The lowest BCUT2D eigenvalue weighted by atomic mass is 9.87. The van der Waals surface area contributed by atoms with Crippen LogP contribution in [0.3, 0.4) is 0 Å². The van der Waals surface area contributed by atoms with Crippen LogP contribution in [0.15, 0.2) is 29.2 Å². The van der Waals surface area contributed by atoms with Gasteiger partial charge < -0.3 is 5.32 Å². The molecule has 1 unspecified atom stereocenters. The first-order valence-corrected chi connectivity index (χ1v) is 7.04. The molecule has 1 aliphatic heterocycles. The summed E-state index contributed by atoms with van der Waals surface area (Å²) >= 11 is 0. The van der Waals surface area contributed by atoms with E-state index in [9.17, 15) is 8.42 Å². The van der Waals surface area contributed by atoms with Crippen LogP contribution in [-0.2, 0) is 9.84 Å². The van der Waals surface area contributed by atoms with Gasteiger partial charge in [0.25, 0.3) is 0 Å². The van der Waals surface area contributed by atoms with E-state index in [1.807, 2.05) is 32.9 Å². The first kappa shape index (κ1) is 11.5. The average Bonchev–Trinajstić information content (AvgIpc) is 2.15. The van der Waals surface area contributed by atoms with Gasteiger partial charge in [-0.05, 0) is 17.5 Å². The predicted octanol–water partition coefficient (Wildman–Crippen LogP) is 2.30. The second-order valence-corrected chi connectivity index (χ2v) is 7.34. The molecule has 0 fully saturated rings. The lowest BCUT2D eigenvalue weighted by Gasteiger charge is -2.36. The summed E-state index contributed by atoms with van der Waals surface area (Å²) in [6, 6.07) is 7.07. The first-order chi connectivity index (χ1) is 7.31. The minimum absolute atomic E-state index is 0.0348. The van der Waals surface area contributed by atoms with Gasteiger partial charge in [-0.3, -0.25) is 0 Å². The van der Waals surface area contributed by atoms with Crippen molar-refractivity contribution in [1.29, 1.82) is 0 Å². The molecular formula is C12H17NO2S. The van der Waals surface area contributed by atoms with Gasteiger partial charge in [0, 0.05) is 6.04 Å². The third-order valence-electron chi connectivity index (χ3n) is 2.98. The Kier molecular flexibility index (Phi) is 2.49. The Labute approximate surface area is 96.8 Å². The maximum absolute atomic E-state index is 12.1. The van der Waals surface area contributed by atoms with E-state index in [4.69, 9.17) is 0 Å². The quantitative estimate of drug-likeness (QED) is 0.755. The maximum Gasteiger partial charge on any atom is 0.182 e. The van der Waals surface area contributed by atoms with Gasteiger partial charge in [-0.25, -0.2) is 8.42 Å². The zero-order valence-corrected chi connectivity index (χ0v) is 10.6. The third kappa shape index (κ3) is 1.94. The van der Waals surface area contributed by atoms with Crippen molar-refractivity contribution in [3.05, 3.63) is 24.3 Å². The number of fused-ring (bicyclic) bond motifs is 1. The van der Waals surface area contributed by atoms with Crippen molar-refractivity contribution < 1.29 is 8.42 Å². The molecule has 1 aromatic rings. The van der Waals surface area contributed by atoms with Crippen molar-refractivity contribution in [2.45, 2.75) is 31.7 Å². The lowest BCUT2D eigenvalue weighted by Crippen LogP contribution is -2.43. The molecule has 0 radical (unpaired) electrons. The highest BCUT2D eigenvalue weighted by Gasteiger charge is 2.35. The Bertz CT molecular complexity index is 500. The number of rotatable bonds is 0. The number of para-hydroxylation sites is 1. The van der Waals surface area contributed by atoms with Gasteiger partial charge in [-0.2, -0.15) is 0 Å². The van der Waals surface area contributed by atoms with Crippen LogP contribution in [0.5, 0.6) is 0 Å². The molecule has 4 heteroatoms. The fourth-order valence-electron chi connectivity index (χ4n) is 1.86. The summed E-state index contributed by atoms with van der Waals surface area (Å²) in [7, 11) is -3.14. The van der Waals surface area contributed by atoms with E-state index in [2.05, 4.69) is 5.32 Å². The molecule has 0 saturated carbocycles. The molecule has 16 heavy (non-hydrogen) atoms. The minimum atomic E-state index is -3.14. The number of anilines is 1. The highest BCUT2D eigenvalue weighted by molar-refractivity contribution is 7.91. The van der Waals surface area contributed by atoms with Crippen LogP contribution < -0.4 is 5.32 Å². The summed E-state index contributed by atoms with van der Waals surface area (Å²) in [5.74, 6) is 0.174. The van der Waals surface area contributed by atoms with Crippen molar-refractivity contribution in [1.82, 2.24) is 0 Å². The van der Waals surface area contributed by atoms with Crippen molar-refractivity contribution in [2.75, 3.05) is 11.1 Å². The van der Waals surface area contributed by atoms with E-state index >= 15 is 0 Å². The Morgan fingerprint density at radius 2 is 1.88 bits per heavy atom. The Morgan fingerprint density at radius 1 is 1.25 bits per heavy atom. The van der Waals surface area contributed by atoms with Crippen LogP contribution >= 0.6 is 0 Å². The van der Waals surface area contributed by atoms with Gasteiger partial charge in [0.05, 0.1) is 16.3 Å². The molecule has 0 saturated heterocycles. The molecule has 0 aliphatic carbocycles. The smallest absolute Gasteiger partial charge is 0.182 e. The fourth-order valence-corrected chi connectivity index (χ4v) is 3.81. The molecule has 0 spiro atoms. The number of nitrogens with one attached hydrogen (secondary N) is 1. The van der Waals surface area contributed by atoms with E-state index in [0.29, 0.717) is 4.90 Å². The lowest BCUT2D eigenvalue weighted by molar-refractivity contribution is 0.356. The highest BCUT2D eigenvalue weighted by atomic mass is 32.2. The number of sulfone groups is 1. The third-order valence-corrected chi connectivity index (χ3v) is 4.78. The normalized spacial score (nSPS) is 23.3. The van der Waals surface area contributed by atoms with E-state index in [-0.39, 0.29) is 17.2 Å². The number of hydrogen-bond acceptors (Lipinski definition) is 3. The van der Waals surface area contributed by atoms with Crippen LogP contribution in [0.4, 0.5) is 5.69 Å². The molecule has 0 amide bonds. The second kappa shape index (κ2) is 3.48. The Balaban J connectivity index is 2.50. The molecule has 88 valence electrons. The highest BCUT2D eigenvalue weighted by Crippen LogP contribution is 2.34. The van der Waals surface area contributed by atoms with Crippen molar-refractivity contribution >= 4 is 15.5 Å². The van der Waals surface area contributed by atoms with Gasteiger partial charge in [-0.1, -0.05) is 32.9 Å². The van der Waals surface area contributed by atoms with E-state index in [1.165, 1.54) is 0 Å². The molecule has 3 nitrogen and oxygen atoms in total. The average molecular weight is 239 g/mol. The summed E-state index contributed by atoms with van der Waals surface area (Å²) in [6.45, 7) is 6.15. The molecule has 1 aromatic carbocycles. The monoisotopic (exact) mass is 239 g/mol. The predicted molar refractivity (Wildman–Crippen MR) is 65.4 cm³/mol. The van der Waals surface area contributed by atoms with Crippen LogP contribution in [0.25, 0.3) is 0 Å². The van der Waals surface area contributed by atoms with Gasteiger partial charge in [0.15, 0.2) is 9.84 Å². The van der Waals surface area contributed by atoms with Crippen LogP contribution in [0.1, 0.15) is 20.8 Å². The molecule has 0 bridgehead atoms. The van der Waals surface area contributed by atoms with Crippen molar-refractivity contribution in [2.24, 2.45) is 5.41 Å². The van der Waals surface area contributed by atoms with E-state index in [0.717, 1.165) is 5.69 Å². The van der Waals surface area contributed by atoms with Gasteiger partial charge in [0.1, 0.15) is 0 Å².